The molecule has 1 saturated heterocycles. The summed E-state index contributed by atoms with van der Waals surface area (Å²) >= 11 is 0. The van der Waals surface area contributed by atoms with Gasteiger partial charge in [0.05, 0.1) is 6.61 Å². The quantitative estimate of drug-likeness (QED) is 0.617. The van der Waals surface area contributed by atoms with Gasteiger partial charge in [0.25, 0.3) is 0 Å². The van der Waals surface area contributed by atoms with Crippen molar-refractivity contribution in [1.29, 1.82) is 0 Å². The Morgan fingerprint density at radius 3 is 2.45 bits per heavy atom. The monoisotopic (exact) mass is 398 g/mol. The third kappa shape index (κ3) is 6.58. The summed E-state index contributed by atoms with van der Waals surface area (Å²) in [7, 11) is 2.16. The van der Waals surface area contributed by atoms with Crippen LogP contribution in [0.15, 0.2) is 36.5 Å². The molecule has 1 aliphatic heterocycles. The molecule has 0 atom stereocenters. The van der Waals surface area contributed by atoms with Crippen LogP contribution in [0.1, 0.15) is 20.3 Å². The van der Waals surface area contributed by atoms with Crippen LogP contribution in [0, 0.1) is 0 Å². The number of benzene rings is 1. The molecule has 2 aromatic rings. The highest BCUT2D eigenvalue weighted by Gasteiger charge is 2.15. The fourth-order valence-electron chi connectivity index (χ4n) is 3.40. The number of piperazine rings is 1. The van der Waals surface area contributed by atoms with Crippen molar-refractivity contribution in [3.63, 3.8) is 0 Å². The van der Waals surface area contributed by atoms with Crippen LogP contribution in [0.3, 0.4) is 0 Å². The zero-order valence-electron chi connectivity index (χ0n) is 18.0. The van der Waals surface area contributed by atoms with Crippen molar-refractivity contribution in [2.24, 2.45) is 0 Å². The third-order valence-corrected chi connectivity index (χ3v) is 5.36. The number of hydrogen-bond acceptors (Lipinski definition) is 7. The fraction of sp³-hybridized carbons (Fsp3) is 0.545. The Bertz CT molecular complexity index is 726. The molecular formula is C22H34N6O. The first-order valence-electron chi connectivity index (χ1n) is 10.7. The van der Waals surface area contributed by atoms with Crippen LogP contribution in [0.4, 0.5) is 17.5 Å². The topological polar surface area (TPSA) is 56.8 Å². The van der Waals surface area contributed by atoms with Crippen molar-refractivity contribution in [3.05, 3.63) is 36.5 Å². The standard InChI is InChI=1S/C22H34N6O/c1-4-27(5-2)13-6-18-29-20-9-7-19(8-10-20)24-22-23-12-11-21(25-22)28-16-14-26(3)15-17-28/h7-12H,4-6,13-18H2,1-3H3,(H,23,24,25). The first-order valence-corrected chi connectivity index (χ1v) is 10.7. The highest BCUT2D eigenvalue weighted by molar-refractivity contribution is 5.56. The van der Waals surface area contributed by atoms with E-state index >= 15 is 0 Å². The number of nitrogens with one attached hydrogen (secondary N) is 1. The summed E-state index contributed by atoms with van der Waals surface area (Å²) in [6.45, 7) is 12.5. The van der Waals surface area contributed by atoms with E-state index in [9.17, 15) is 0 Å². The average Bonchev–Trinajstić information content (AvgIpc) is 2.76. The van der Waals surface area contributed by atoms with Gasteiger partial charge in [-0.05, 0) is 56.9 Å². The predicted molar refractivity (Wildman–Crippen MR) is 119 cm³/mol. The van der Waals surface area contributed by atoms with Crippen molar-refractivity contribution in [2.45, 2.75) is 20.3 Å². The summed E-state index contributed by atoms with van der Waals surface area (Å²) in [5, 5.41) is 3.30. The second-order valence-corrected chi connectivity index (χ2v) is 7.41. The summed E-state index contributed by atoms with van der Waals surface area (Å²) in [4.78, 5) is 16.1. The van der Waals surface area contributed by atoms with Gasteiger partial charge in [-0.15, -0.1) is 0 Å². The highest BCUT2D eigenvalue weighted by Crippen LogP contribution is 2.20. The minimum absolute atomic E-state index is 0.620. The first-order chi connectivity index (χ1) is 14.2. The summed E-state index contributed by atoms with van der Waals surface area (Å²) in [5.74, 6) is 2.49. The Labute approximate surface area is 174 Å². The minimum atomic E-state index is 0.620. The maximum atomic E-state index is 5.86. The van der Waals surface area contributed by atoms with Crippen molar-refractivity contribution >= 4 is 17.5 Å². The van der Waals surface area contributed by atoms with Gasteiger partial charge in [0, 0.05) is 44.6 Å². The van der Waals surface area contributed by atoms with Gasteiger partial charge in [-0.2, -0.15) is 4.98 Å². The van der Waals surface area contributed by atoms with E-state index in [-0.39, 0.29) is 0 Å². The number of likely N-dealkylation sites (N-methyl/N-ethyl adjacent to an activating group) is 1. The van der Waals surface area contributed by atoms with Gasteiger partial charge >= 0.3 is 0 Å². The van der Waals surface area contributed by atoms with E-state index in [0.717, 1.165) is 76.1 Å². The van der Waals surface area contributed by atoms with Gasteiger partial charge in [0.2, 0.25) is 5.95 Å². The molecule has 1 fully saturated rings. The summed E-state index contributed by atoms with van der Waals surface area (Å²) < 4.78 is 5.86. The first kappa shape index (κ1) is 21.3. The fourth-order valence-corrected chi connectivity index (χ4v) is 3.40. The molecule has 29 heavy (non-hydrogen) atoms. The van der Waals surface area contributed by atoms with E-state index in [0.29, 0.717) is 5.95 Å². The second kappa shape index (κ2) is 11.0. The number of rotatable bonds is 10. The summed E-state index contributed by atoms with van der Waals surface area (Å²) in [6.07, 6.45) is 2.85. The van der Waals surface area contributed by atoms with Gasteiger partial charge in [0.15, 0.2) is 0 Å². The van der Waals surface area contributed by atoms with Crippen molar-refractivity contribution in [3.8, 4) is 5.75 Å². The summed E-state index contributed by atoms with van der Waals surface area (Å²) in [5.41, 5.74) is 0.955. The Balaban J connectivity index is 1.49. The van der Waals surface area contributed by atoms with E-state index in [1.807, 2.05) is 36.5 Å². The van der Waals surface area contributed by atoms with Crippen LogP contribution in [0.5, 0.6) is 5.75 Å². The second-order valence-electron chi connectivity index (χ2n) is 7.41. The Morgan fingerprint density at radius 2 is 1.76 bits per heavy atom. The molecule has 7 nitrogen and oxygen atoms in total. The molecule has 0 saturated carbocycles. The molecule has 1 N–H and O–H groups in total. The van der Waals surface area contributed by atoms with E-state index in [4.69, 9.17) is 4.74 Å². The molecule has 1 aromatic carbocycles. The number of aromatic nitrogens is 2. The predicted octanol–water partition coefficient (Wildman–Crippen LogP) is 3.08. The van der Waals surface area contributed by atoms with Crippen LogP contribution in [0.2, 0.25) is 0 Å². The summed E-state index contributed by atoms with van der Waals surface area (Å²) in [6, 6.07) is 9.97. The molecule has 1 aromatic heterocycles. The maximum Gasteiger partial charge on any atom is 0.229 e. The third-order valence-electron chi connectivity index (χ3n) is 5.36. The largest absolute Gasteiger partial charge is 0.494 e. The van der Waals surface area contributed by atoms with E-state index in [2.05, 4.69) is 50.9 Å². The molecular weight excluding hydrogens is 364 g/mol. The van der Waals surface area contributed by atoms with Crippen LogP contribution in [-0.4, -0.2) is 79.2 Å². The van der Waals surface area contributed by atoms with Crippen LogP contribution in [-0.2, 0) is 0 Å². The normalized spacial score (nSPS) is 15.0. The molecule has 158 valence electrons. The van der Waals surface area contributed by atoms with Crippen LogP contribution in [0.25, 0.3) is 0 Å². The molecule has 3 rings (SSSR count). The number of hydrogen-bond donors (Lipinski definition) is 1. The van der Waals surface area contributed by atoms with Gasteiger partial charge in [-0.1, -0.05) is 13.8 Å². The van der Waals surface area contributed by atoms with Gasteiger partial charge in [0.1, 0.15) is 11.6 Å². The molecule has 7 heteroatoms. The number of nitrogens with zero attached hydrogens (tertiary/aromatic N) is 5. The SMILES string of the molecule is CCN(CC)CCCOc1ccc(Nc2nccc(N3CCN(C)CC3)n2)cc1. The van der Waals surface area contributed by atoms with Crippen LogP contribution >= 0.6 is 0 Å². The van der Waals surface area contributed by atoms with E-state index < -0.39 is 0 Å². The number of anilines is 3. The molecule has 0 unspecified atom stereocenters. The lowest BCUT2D eigenvalue weighted by Crippen LogP contribution is -2.44. The smallest absolute Gasteiger partial charge is 0.229 e. The average molecular weight is 399 g/mol. The Hall–Kier alpha value is -2.38. The van der Waals surface area contributed by atoms with E-state index in [1.54, 1.807) is 0 Å². The molecule has 1 aliphatic rings. The number of ether oxygens (including phenoxy) is 1. The lowest BCUT2D eigenvalue weighted by atomic mass is 10.3. The molecule has 0 bridgehead atoms. The minimum Gasteiger partial charge on any atom is -0.494 e. The van der Waals surface area contributed by atoms with Crippen molar-refractivity contribution < 1.29 is 4.74 Å². The van der Waals surface area contributed by atoms with Gasteiger partial charge in [-0.3, -0.25) is 0 Å². The van der Waals surface area contributed by atoms with Gasteiger partial charge in [-0.25, -0.2) is 4.98 Å². The molecule has 0 radical (unpaired) electrons. The zero-order valence-corrected chi connectivity index (χ0v) is 18.0. The Kier molecular flexibility index (Phi) is 8.07. The molecule has 2 heterocycles. The highest BCUT2D eigenvalue weighted by atomic mass is 16.5. The van der Waals surface area contributed by atoms with Gasteiger partial charge < -0.3 is 24.8 Å². The lowest BCUT2D eigenvalue weighted by molar-refractivity contribution is 0.249. The molecule has 0 amide bonds. The molecule has 0 spiro atoms. The van der Waals surface area contributed by atoms with Crippen LogP contribution < -0.4 is 15.0 Å². The molecule has 0 aliphatic carbocycles. The zero-order chi connectivity index (χ0) is 20.5. The van der Waals surface area contributed by atoms with Crippen molar-refractivity contribution in [2.75, 3.05) is 69.7 Å². The van der Waals surface area contributed by atoms with E-state index in [1.165, 1.54) is 0 Å². The maximum absolute atomic E-state index is 5.86. The Morgan fingerprint density at radius 1 is 1.03 bits per heavy atom. The lowest BCUT2D eigenvalue weighted by Gasteiger charge is -2.33. The van der Waals surface area contributed by atoms with Crippen molar-refractivity contribution in [1.82, 2.24) is 19.8 Å².